The highest BCUT2D eigenvalue weighted by molar-refractivity contribution is 7.80. The van der Waals surface area contributed by atoms with Crippen LogP contribution >= 0.6 is 25.3 Å². The van der Waals surface area contributed by atoms with Gasteiger partial charge in [0.25, 0.3) is 0 Å². The molecular formula is C28H49N13O12S2. The zero-order valence-electron chi connectivity index (χ0n) is 29.4. The molecule has 0 aliphatic carbocycles. The molecule has 0 radical (unpaired) electrons. The minimum absolute atomic E-state index is 0.0122. The number of guanidine groups is 2. The number of carboxylic acid groups (broad SMARTS) is 3. The largest absolute Gasteiger partial charge is 0.481 e. The molecular weight excluding hydrogens is 775 g/mol. The summed E-state index contributed by atoms with van der Waals surface area (Å²) in [6, 6.07) is -9.09. The van der Waals surface area contributed by atoms with Gasteiger partial charge < -0.3 is 75.9 Å². The normalized spacial score (nSPS) is 13.8. The van der Waals surface area contributed by atoms with Crippen molar-refractivity contribution in [1.82, 2.24) is 31.9 Å². The van der Waals surface area contributed by atoms with E-state index in [2.05, 4.69) is 61.8 Å². The fourth-order valence-electron chi connectivity index (χ4n) is 4.21. The van der Waals surface area contributed by atoms with Gasteiger partial charge in [0.1, 0.15) is 30.2 Å². The second-order valence-corrected chi connectivity index (χ2v) is 12.2. The van der Waals surface area contributed by atoms with Crippen LogP contribution in [0.4, 0.5) is 0 Å². The zero-order valence-corrected chi connectivity index (χ0v) is 31.2. The van der Waals surface area contributed by atoms with E-state index in [1.54, 1.807) is 0 Å². The number of carbonyl (C=O) groups is 9. The summed E-state index contributed by atoms with van der Waals surface area (Å²) in [4.78, 5) is 119. The second-order valence-electron chi connectivity index (χ2n) is 11.5. The average molecular weight is 824 g/mol. The number of thiol groups is 2. The molecule has 0 bridgehead atoms. The number of amides is 6. The molecule has 6 amide bonds. The highest BCUT2D eigenvalue weighted by atomic mass is 32.1. The minimum atomic E-state index is -1.76. The Morgan fingerprint density at radius 2 is 0.945 bits per heavy atom. The molecule has 0 fully saturated rings. The molecule has 0 aliphatic heterocycles. The van der Waals surface area contributed by atoms with E-state index in [1.807, 2.05) is 5.32 Å². The highest BCUT2D eigenvalue weighted by Crippen LogP contribution is 2.06. The number of nitrogens with one attached hydrogen (secondary N) is 6. The van der Waals surface area contributed by atoms with Gasteiger partial charge in [0.15, 0.2) is 11.9 Å². The van der Waals surface area contributed by atoms with E-state index in [-0.39, 0.29) is 62.2 Å². The maximum Gasteiger partial charge on any atom is 0.327 e. The Labute approximate surface area is 325 Å². The van der Waals surface area contributed by atoms with Crippen LogP contribution in [0, 0.1) is 0 Å². The number of nitrogens with zero attached hydrogens (tertiary/aromatic N) is 2. The van der Waals surface area contributed by atoms with Crippen LogP contribution in [0.3, 0.4) is 0 Å². The van der Waals surface area contributed by atoms with Crippen LogP contribution in [0.25, 0.3) is 0 Å². The highest BCUT2D eigenvalue weighted by Gasteiger charge is 2.32. The number of nitrogens with two attached hydrogens (primary N) is 5. The van der Waals surface area contributed by atoms with Crippen molar-refractivity contribution in [3.05, 3.63) is 0 Å². The van der Waals surface area contributed by atoms with Gasteiger partial charge in [-0.25, -0.2) is 4.79 Å². The maximum atomic E-state index is 13.6. The molecule has 0 heterocycles. The summed E-state index contributed by atoms with van der Waals surface area (Å²) in [5.74, 6) is -11.7. The van der Waals surface area contributed by atoms with E-state index in [4.69, 9.17) is 33.8 Å². The van der Waals surface area contributed by atoms with Gasteiger partial charge in [-0.1, -0.05) is 0 Å². The molecule has 55 heavy (non-hydrogen) atoms. The van der Waals surface area contributed by atoms with Crippen molar-refractivity contribution in [2.24, 2.45) is 38.7 Å². The van der Waals surface area contributed by atoms with Crippen LogP contribution in [0.1, 0.15) is 38.5 Å². The van der Waals surface area contributed by atoms with Gasteiger partial charge in [-0.05, 0) is 25.7 Å². The van der Waals surface area contributed by atoms with Crippen LogP contribution in [0.5, 0.6) is 0 Å². The Kier molecular flexibility index (Phi) is 23.6. The summed E-state index contributed by atoms with van der Waals surface area (Å²) >= 11 is 7.70. The summed E-state index contributed by atoms with van der Waals surface area (Å²) in [5.41, 5.74) is 27.0. The van der Waals surface area contributed by atoms with Crippen molar-refractivity contribution in [2.45, 2.75) is 74.8 Å². The zero-order chi connectivity index (χ0) is 42.2. The van der Waals surface area contributed by atoms with E-state index >= 15 is 0 Å². The van der Waals surface area contributed by atoms with Crippen molar-refractivity contribution in [2.75, 3.05) is 31.1 Å². The van der Waals surface area contributed by atoms with Gasteiger partial charge in [-0.15, -0.1) is 0 Å². The first-order valence-electron chi connectivity index (χ1n) is 16.2. The van der Waals surface area contributed by atoms with E-state index in [9.17, 15) is 53.4 Å². The molecule has 19 N–H and O–H groups in total. The van der Waals surface area contributed by atoms with E-state index in [0.717, 1.165) is 0 Å². The van der Waals surface area contributed by atoms with Gasteiger partial charge in [-0.2, -0.15) is 25.3 Å². The monoisotopic (exact) mass is 823 g/mol. The lowest BCUT2D eigenvalue weighted by molar-refractivity contribution is -0.143. The predicted octanol–water partition coefficient (Wildman–Crippen LogP) is -7.15. The van der Waals surface area contributed by atoms with Crippen LogP contribution in [0.15, 0.2) is 9.98 Å². The first-order chi connectivity index (χ1) is 25.7. The van der Waals surface area contributed by atoms with Crippen molar-refractivity contribution < 1.29 is 58.5 Å². The lowest BCUT2D eigenvalue weighted by Crippen LogP contribution is -2.58. The summed E-state index contributed by atoms with van der Waals surface area (Å²) in [5, 5.41) is 41.0. The molecule has 0 spiro atoms. The smallest absolute Gasteiger partial charge is 0.327 e. The predicted molar refractivity (Wildman–Crippen MR) is 200 cm³/mol. The van der Waals surface area contributed by atoms with E-state index < -0.39 is 109 Å². The van der Waals surface area contributed by atoms with Crippen molar-refractivity contribution >= 4 is 90.5 Å². The Balaban J connectivity index is 6.19. The third kappa shape index (κ3) is 21.7. The standard InChI is InChI=1S/C28H49N13O12S2/c29-12(10-54)21(47)40-16(8-20(45)46)25(51)39-14(4-2-6-35-28(32)33)23(49)38-13(3-1-5-34-27(30)31)22(48)36-9-18(42)37-15(7-19(43)44)24(50)41-17(11-55)26(52)53/h12-17,54-55H,1-11,29H2,(H,36,48)(H,37,42)(H,38,49)(H,39,51)(H,40,47)(H,41,50)(H,43,44)(H,45,46)(H,52,53)(H4,30,31,34)(H4,32,33,35)/t12-,13-,14-,15-,16-,17-/m0/s1. The van der Waals surface area contributed by atoms with E-state index in [0.29, 0.717) is 0 Å². The van der Waals surface area contributed by atoms with Crippen LogP contribution < -0.4 is 60.6 Å². The molecule has 310 valence electrons. The molecule has 25 nitrogen and oxygen atoms in total. The Hall–Kier alpha value is -5.57. The molecule has 6 atom stereocenters. The fraction of sp³-hybridized carbons (Fsp3) is 0.607. The molecule has 0 unspecified atom stereocenters. The average Bonchev–Trinajstić information content (AvgIpc) is 3.09. The number of rotatable bonds is 27. The van der Waals surface area contributed by atoms with Gasteiger partial charge in [0.05, 0.1) is 25.4 Å². The summed E-state index contributed by atoms with van der Waals surface area (Å²) < 4.78 is 0. The lowest BCUT2D eigenvalue weighted by Gasteiger charge is -2.25. The number of hydrogen-bond donors (Lipinski definition) is 16. The molecule has 0 aliphatic rings. The van der Waals surface area contributed by atoms with Gasteiger partial charge >= 0.3 is 17.9 Å². The molecule has 0 aromatic carbocycles. The first-order valence-corrected chi connectivity index (χ1v) is 17.5. The quantitative estimate of drug-likeness (QED) is 0.0158. The van der Waals surface area contributed by atoms with Gasteiger partial charge in [0, 0.05) is 24.6 Å². The summed E-state index contributed by atoms with van der Waals surface area (Å²) in [6.45, 7) is -0.888. The molecule has 0 aromatic heterocycles. The Bertz CT molecular complexity index is 1440. The van der Waals surface area contributed by atoms with Crippen molar-refractivity contribution in [1.29, 1.82) is 0 Å². The number of carbonyl (C=O) groups excluding carboxylic acids is 6. The van der Waals surface area contributed by atoms with Crippen LogP contribution in [-0.2, 0) is 43.2 Å². The molecule has 0 saturated heterocycles. The maximum absolute atomic E-state index is 13.6. The third-order valence-corrected chi connectivity index (χ3v) is 7.71. The Morgan fingerprint density at radius 3 is 1.35 bits per heavy atom. The summed E-state index contributed by atoms with van der Waals surface area (Å²) in [7, 11) is 0. The number of carboxylic acids is 3. The first kappa shape index (κ1) is 49.4. The van der Waals surface area contributed by atoms with Crippen molar-refractivity contribution in [3.63, 3.8) is 0 Å². The summed E-state index contributed by atoms with van der Waals surface area (Å²) in [6.07, 6.45) is -2.03. The van der Waals surface area contributed by atoms with Gasteiger partial charge in [-0.3, -0.25) is 48.3 Å². The number of aliphatic imine (C=N–C) groups is 2. The number of aliphatic carboxylic acids is 3. The molecule has 27 heteroatoms. The minimum Gasteiger partial charge on any atom is -0.481 e. The second kappa shape index (κ2) is 26.2. The SMILES string of the molecule is NC(N)=NCCC[C@H](NC(=O)[C@H](CCCN=C(N)N)NC(=O)[C@H](CC(=O)O)NC(=O)[C@@H](N)CS)C(=O)NCC(=O)N[C@@H](CC(=O)O)C(=O)N[C@@H](CS)C(=O)O. The van der Waals surface area contributed by atoms with E-state index in [1.165, 1.54) is 0 Å². The molecule has 0 aromatic rings. The lowest BCUT2D eigenvalue weighted by atomic mass is 10.1. The topological polar surface area (TPSA) is 441 Å². The fourth-order valence-corrected chi connectivity index (χ4v) is 4.63. The van der Waals surface area contributed by atoms with Gasteiger partial charge in [0.2, 0.25) is 35.4 Å². The Morgan fingerprint density at radius 1 is 0.545 bits per heavy atom. The van der Waals surface area contributed by atoms with Crippen LogP contribution in [-0.4, -0.2) is 148 Å². The molecule has 0 saturated carbocycles. The van der Waals surface area contributed by atoms with Crippen LogP contribution in [0.2, 0.25) is 0 Å². The third-order valence-electron chi connectivity index (χ3n) is 6.95. The molecule has 0 rings (SSSR count). The number of hydrogen-bond acceptors (Lipinski definition) is 14. The van der Waals surface area contributed by atoms with Crippen molar-refractivity contribution in [3.8, 4) is 0 Å².